The van der Waals surface area contributed by atoms with Crippen LogP contribution in [0.3, 0.4) is 0 Å². The number of benzene rings is 1. The third-order valence-corrected chi connectivity index (χ3v) is 3.61. The molecule has 1 fully saturated rings. The summed E-state index contributed by atoms with van der Waals surface area (Å²) in [7, 11) is 0. The first-order valence-corrected chi connectivity index (χ1v) is 7.02. The van der Waals surface area contributed by atoms with Crippen LogP contribution >= 0.6 is 0 Å². The van der Waals surface area contributed by atoms with E-state index in [9.17, 15) is 17.6 Å². The molecule has 21 heavy (non-hydrogen) atoms. The van der Waals surface area contributed by atoms with Crippen molar-refractivity contribution in [3.8, 4) is 0 Å². The summed E-state index contributed by atoms with van der Waals surface area (Å²) < 4.78 is 54.0. The predicted molar refractivity (Wildman–Crippen MR) is 74.3 cm³/mol. The molecule has 0 bridgehead atoms. The molecule has 118 valence electrons. The van der Waals surface area contributed by atoms with Gasteiger partial charge in [-0.25, -0.2) is 17.6 Å². The summed E-state index contributed by atoms with van der Waals surface area (Å²) in [5, 5.41) is 3.33. The molecular formula is C15H20F4N2. The largest absolute Gasteiger partial charge is 0.366 e. The van der Waals surface area contributed by atoms with Crippen LogP contribution in [-0.4, -0.2) is 25.2 Å². The quantitative estimate of drug-likeness (QED) is 0.679. The lowest BCUT2D eigenvalue weighted by Crippen LogP contribution is -2.39. The highest BCUT2D eigenvalue weighted by Crippen LogP contribution is 2.31. The van der Waals surface area contributed by atoms with E-state index in [2.05, 4.69) is 5.32 Å². The molecule has 2 rings (SSSR count). The Balaban J connectivity index is 2.12. The Kier molecular flexibility index (Phi) is 4.46. The number of nitrogens with zero attached hydrogens (tertiary/aromatic N) is 1. The van der Waals surface area contributed by atoms with Crippen LogP contribution in [0.4, 0.5) is 23.2 Å². The monoisotopic (exact) mass is 304 g/mol. The highest BCUT2D eigenvalue weighted by molar-refractivity contribution is 5.51. The summed E-state index contributed by atoms with van der Waals surface area (Å²) in [6.07, 6.45) is 0.722. The second-order valence-electron chi connectivity index (χ2n) is 6.55. The van der Waals surface area contributed by atoms with Gasteiger partial charge in [0.25, 0.3) is 0 Å². The van der Waals surface area contributed by atoms with Crippen molar-refractivity contribution >= 4 is 5.69 Å². The Morgan fingerprint density at radius 1 is 1.14 bits per heavy atom. The first-order chi connectivity index (χ1) is 9.69. The molecular weight excluding hydrogens is 284 g/mol. The maximum absolute atomic E-state index is 13.8. The van der Waals surface area contributed by atoms with E-state index in [1.807, 2.05) is 20.8 Å². The molecule has 1 atom stereocenters. The van der Waals surface area contributed by atoms with Crippen LogP contribution in [-0.2, 0) is 0 Å². The van der Waals surface area contributed by atoms with E-state index in [-0.39, 0.29) is 17.5 Å². The lowest BCUT2D eigenvalue weighted by atomic mass is 10.1. The molecule has 1 aromatic carbocycles. The molecule has 0 spiro atoms. The molecule has 1 unspecified atom stereocenters. The molecule has 1 aromatic rings. The van der Waals surface area contributed by atoms with Crippen molar-refractivity contribution < 1.29 is 17.6 Å². The Labute approximate surface area is 122 Å². The maximum atomic E-state index is 13.8. The summed E-state index contributed by atoms with van der Waals surface area (Å²) >= 11 is 0. The summed E-state index contributed by atoms with van der Waals surface area (Å²) in [5.74, 6) is -5.17. The topological polar surface area (TPSA) is 15.3 Å². The molecule has 1 saturated heterocycles. The SMILES string of the molecule is CC(C)(C)NCC1CCN(c2c(F)c(F)cc(F)c2F)C1. The Bertz CT molecular complexity index is 499. The fourth-order valence-corrected chi connectivity index (χ4v) is 2.49. The van der Waals surface area contributed by atoms with Crippen LogP contribution < -0.4 is 10.2 Å². The highest BCUT2D eigenvalue weighted by Gasteiger charge is 2.30. The van der Waals surface area contributed by atoms with Gasteiger partial charge in [-0.2, -0.15) is 0 Å². The van der Waals surface area contributed by atoms with Gasteiger partial charge in [0.1, 0.15) is 5.69 Å². The average molecular weight is 304 g/mol. The molecule has 0 saturated carbocycles. The zero-order valence-electron chi connectivity index (χ0n) is 12.4. The molecule has 0 aromatic heterocycles. The number of nitrogens with one attached hydrogen (secondary N) is 1. The third-order valence-electron chi connectivity index (χ3n) is 3.61. The number of hydrogen-bond acceptors (Lipinski definition) is 2. The van der Waals surface area contributed by atoms with E-state index in [1.165, 1.54) is 4.90 Å². The van der Waals surface area contributed by atoms with Crippen molar-refractivity contribution in [2.75, 3.05) is 24.5 Å². The molecule has 1 aliphatic heterocycles. The number of halogens is 4. The van der Waals surface area contributed by atoms with Gasteiger partial charge in [0, 0.05) is 31.2 Å². The Morgan fingerprint density at radius 3 is 2.24 bits per heavy atom. The minimum absolute atomic E-state index is 0.0467. The number of anilines is 1. The molecule has 1 N–H and O–H groups in total. The third kappa shape index (κ3) is 3.67. The summed E-state index contributed by atoms with van der Waals surface area (Å²) in [6.45, 7) is 7.54. The van der Waals surface area contributed by atoms with Gasteiger partial charge in [-0.15, -0.1) is 0 Å². The first-order valence-electron chi connectivity index (χ1n) is 7.02. The van der Waals surface area contributed by atoms with Crippen molar-refractivity contribution in [1.29, 1.82) is 0 Å². The van der Waals surface area contributed by atoms with Crippen LogP contribution in [0.25, 0.3) is 0 Å². The van der Waals surface area contributed by atoms with Gasteiger partial charge in [0.2, 0.25) is 0 Å². The predicted octanol–water partition coefficient (Wildman–Crippen LogP) is 3.46. The summed E-state index contributed by atoms with van der Waals surface area (Å²) in [4.78, 5) is 1.38. The van der Waals surface area contributed by atoms with Gasteiger partial charge in [-0.05, 0) is 33.1 Å². The van der Waals surface area contributed by atoms with Crippen LogP contribution in [0.1, 0.15) is 27.2 Å². The zero-order chi connectivity index (χ0) is 15.8. The van der Waals surface area contributed by atoms with Gasteiger partial charge in [0.05, 0.1) is 0 Å². The Morgan fingerprint density at radius 2 is 1.71 bits per heavy atom. The molecule has 0 aliphatic carbocycles. The lowest BCUT2D eigenvalue weighted by Gasteiger charge is -2.24. The van der Waals surface area contributed by atoms with Crippen molar-refractivity contribution in [2.24, 2.45) is 5.92 Å². The summed E-state index contributed by atoms with van der Waals surface area (Å²) in [5.41, 5.74) is -0.639. The molecule has 0 radical (unpaired) electrons. The van der Waals surface area contributed by atoms with E-state index in [1.54, 1.807) is 0 Å². The number of rotatable bonds is 3. The summed E-state index contributed by atoms with van der Waals surface area (Å²) in [6, 6.07) is 0.239. The average Bonchev–Trinajstić information content (AvgIpc) is 2.82. The molecule has 0 amide bonds. The smallest absolute Gasteiger partial charge is 0.185 e. The van der Waals surface area contributed by atoms with Gasteiger partial charge in [-0.3, -0.25) is 0 Å². The van der Waals surface area contributed by atoms with Crippen molar-refractivity contribution in [1.82, 2.24) is 5.32 Å². The second-order valence-corrected chi connectivity index (χ2v) is 6.55. The van der Waals surface area contributed by atoms with E-state index in [0.29, 0.717) is 19.6 Å². The van der Waals surface area contributed by atoms with E-state index in [4.69, 9.17) is 0 Å². The van der Waals surface area contributed by atoms with Gasteiger partial charge >= 0.3 is 0 Å². The number of hydrogen-bond donors (Lipinski definition) is 1. The van der Waals surface area contributed by atoms with E-state index < -0.39 is 29.0 Å². The minimum Gasteiger partial charge on any atom is -0.366 e. The first kappa shape index (κ1) is 16.1. The zero-order valence-corrected chi connectivity index (χ0v) is 12.4. The standard InChI is InChI=1S/C15H20F4N2/c1-15(2,3)20-7-9-4-5-21(8-9)14-12(18)10(16)6-11(17)13(14)19/h6,9,20H,4-5,7-8H2,1-3H3. The van der Waals surface area contributed by atoms with Crippen LogP contribution in [0, 0.1) is 29.2 Å². The van der Waals surface area contributed by atoms with Gasteiger partial charge < -0.3 is 10.2 Å². The fourth-order valence-electron chi connectivity index (χ4n) is 2.49. The Hall–Kier alpha value is -1.30. The molecule has 1 aliphatic rings. The van der Waals surface area contributed by atoms with Crippen molar-refractivity contribution in [3.63, 3.8) is 0 Å². The van der Waals surface area contributed by atoms with Crippen molar-refractivity contribution in [3.05, 3.63) is 29.3 Å². The minimum atomic E-state index is -1.36. The van der Waals surface area contributed by atoms with Gasteiger partial charge in [-0.1, -0.05) is 0 Å². The van der Waals surface area contributed by atoms with Crippen molar-refractivity contribution in [2.45, 2.75) is 32.7 Å². The normalized spacial score (nSPS) is 19.4. The van der Waals surface area contributed by atoms with Gasteiger partial charge in [0.15, 0.2) is 23.3 Å². The maximum Gasteiger partial charge on any atom is 0.185 e. The van der Waals surface area contributed by atoms with Crippen LogP contribution in [0.5, 0.6) is 0 Å². The molecule has 6 heteroatoms. The second kappa shape index (κ2) is 5.83. The molecule has 1 heterocycles. The van der Waals surface area contributed by atoms with Crippen LogP contribution in [0.15, 0.2) is 6.07 Å². The van der Waals surface area contributed by atoms with Crippen LogP contribution in [0.2, 0.25) is 0 Å². The van der Waals surface area contributed by atoms with E-state index in [0.717, 1.165) is 6.42 Å². The van der Waals surface area contributed by atoms with E-state index >= 15 is 0 Å². The molecule has 2 nitrogen and oxygen atoms in total. The fraction of sp³-hybridized carbons (Fsp3) is 0.600. The lowest BCUT2D eigenvalue weighted by molar-refractivity contribution is 0.383. The highest BCUT2D eigenvalue weighted by atomic mass is 19.2.